The van der Waals surface area contributed by atoms with Crippen molar-refractivity contribution < 1.29 is 13.5 Å². The van der Waals surface area contributed by atoms with E-state index < -0.39 is 0 Å². The van der Waals surface area contributed by atoms with Crippen LogP contribution >= 0.6 is 11.8 Å². The van der Waals surface area contributed by atoms with Crippen LogP contribution < -0.4 is 4.74 Å². The fraction of sp³-hybridized carbons (Fsp3) is 0.200. The summed E-state index contributed by atoms with van der Waals surface area (Å²) in [4.78, 5) is 8.91. The molecule has 0 saturated heterocycles. The van der Waals surface area contributed by atoms with Crippen molar-refractivity contribution in [3.05, 3.63) is 77.5 Å². The molecule has 134 valence electrons. The van der Waals surface area contributed by atoms with E-state index in [1.54, 1.807) is 36.4 Å². The molecule has 0 aliphatic rings. The number of ether oxygens (including phenoxy) is 1. The molecule has 3 rings (SSSR count). The Hall–Kier alpha value is -2.47. The summed E-state index contributed by atoms with van der Waals surface area (Å²) in [5, 5.41) is 0.511. The standard InChI is InChI=1S/C20H18F2N2OS/c1-13(2)18-11-19(25-16-9-7-15(21)8-10-16)24-20(23-18)26-12-14-5-3-4-6-17(14)22/h3-11,13H,12H2,1-2H3. The van der Waals surface area contributed by atoms with Crippen molar-refractivity contribution in [1.82, 2.24) is 9.97 Å². The number of nitrogens with zero attached hydrogens (tertiary/aromatic N) is 2. The maximum atomic E-state index is 13.8. The lowest BCUT2D eigenvalue weighted by Gasteiger charge is -2.11. The molecule has 0 spiro atoms. The quantitative estimate of drug-likeness (QED) is 0.395. The Morgan fingerprint density at radius 2 is 1.73 bits per heavy atom. The van der Waals surface area contributed by atoms with E-state index in [1.807, 2.05) is 13.8 Å². The Morgan fingerprint density at radius 3 is 2.42 bits per heavy atom. The largest absolute Gasteiger partial charge is 0.439 e. The average Bonchev–Trinajstić information content (AvgIpc) is 2.63. The van der Waals surface area contributed by atoms with Crippen molar-refractivity contribution >= 4 is 11.8 Å². The van der Waals surface area contributed by atoms with Gasteiger partial charge in [-0.05, 0) is 41.8 Å². The van der Waals surface area contributed by atoms with Crippen LogP contribution in [-0.4, -0.2) is 9.97 Å². The van der Waals surface area contributed by atoms with Gasteiger partial charge in [-0.1, -0.05) is 43.8 Å². The molecule has 0 amide bonds. The summed E-state index contributed by atoms with van der Waals surface area (Å²) in [6.07, 6.45) is 0. The second-order valence-electron chi connectivity index (χ2n) is 6.00. The van der Waals surface area contributed by atoms with Crippen LogP contribution in [0.2, 0.25) is 0 Å². The highest BCUT2D eigenvalue weighted by Crippen LogP contribution is 2.28. The average molecular weight is 372 g/mol. The van der Waals surface area contributed by atoms with Crippen LogP contribution in [0.5, 0.6) is 11.6 Å². The van der Waals surface area contributed by atoms with E-state index in [4.69, 9.17) is 4.74 Å². The van der Waals surface area contributed by atoms with E-state index in [0.717, 1.165) is 5.69 Å². The molecule has 0 atom stereocenters. The van der Waals surface area contributed by atoms with E-state index in [-0.39, 0.29) is 17.6 Å². The van der Waals surface area contributed by atoms with Gasteiger partial charge in [0.1, 0.15) is 17.4 Å². The van der Waals surface area contributed by atoms with Crippen molar-refractivity contribution in [2.75, 3.05) is 0 Å². The third kappa shape index (κ3) is 4.79. The Labute approximate surface area is 155 Å². The highest BCUT2D eigenvalue weighted by atomic mass is 32.2. The highest BCUT2D eigenvalue weighted by molar-refractivity contribution is 7.98. The van der Waals surface area contributed by atoms with Crippen LogP contribution in [0, 0.1) is 11.6 Å². The van der Waals surface area contributed by atoms with Crippen LogP contribution in [0.3, 0.4) is 0 Å². The van der Waals surface area contributed by atoms with Crippen LogP contribution in [0.1, 0.15) is 31.0 Å². The van der Waals surface area contributed by atoms with Crippen molar-refractivity contribution in [3.63, 3.8) is 0 Å². The van der Waals surface area contributed by atoms with E-state index in [9.17, 15) is 8.78 Å². The molecule has 0 aliphatic carbocycles. The summed E-state index contributed by atoms with van der Waals surface area (Å²) in [7, 11) is 0. The molecular weight excluding hydrogens is 354 g/mol. The zero-order chi connectivity index (χ0) is 18.5. The fourth-order valence-electron chi connectivity index (χ4n) is 2.21. The van der Waals surface area contributed by atoms with E-state index in [1.165, 1.54) is 30.0 Å². The van der Waals surface area contributed by atoms with Gasteiger partial charge < -0.3 is 4.74 Å². The Balaban J connectivity index is 1.81. The van der Waals surface area contributed by atoms with Crippen LogP contribution in [-0.2, 0) is 5.75 Å². The second kappa shape index (κ2) is 8.27. The van der Waals surface area contributed by atoms with Crippen molar-refractivity contribution in [1.29, 1.82) is 0 Å². The molecule has 26 heavy (non-hydrogen) atoms. The van der Waals surface area contributed by atoms with E-state index in [0.29, 0.717) is 28.1 Å². The molecule has 0 fully saturated rings. The molecule has 3 nitrogen and oxygen atoms in total. The molecule has 0 radical (unpaired) electrons. The molecular formula is C20H18F2N2OS. The Morgan fingerprint density at radius 1 is 1.00 bits per heavy atom. The minimum absolute atomic E-state index is 0.182. The molecule has 1 aromatic heterocycles. The molecule has 0 N–H and O–H groups in total. The first-order chi connectivity index (χ1) is 12.5. The monoisotopic (exact) mass is 372 g/mol. The van der Waals surface area contributed by atoms with Gasteiger partial charge in [0.2, 0.25) is 5.88 Å². The van der Waals surface area contributed by atoms with Gasteiger partial charge in [0.25, 0.3) is 0 Å². The normalized spacial score (nSPS) is 11.0. The molecule has 6 heteroatoms. The number of hydrogen-bond donors (Lipinski definition) is 0. The van der Waals surface area contributed by atoms with Gasteiger partial charge in [-0.25, -0.2) is 13.8 Å². The first-order valence-corrected chi connectivity index (χ1v) is 9.18. The summed E-state index contributed by atoms with van der Waals surface area (Å²) in [6, 6.07) is 14.1. The molecule has 2 aromatic carbocycles. The minimum Gasteiger partial charge on any atom is -0.439 e. The summed E-state index contributed by atoms with van der Waals surface area (Å²) in [6.45, 7) is 4.05. The molecule has 0 aliphatic heterocycles. The molecule has 0 unspecified atom stereocenters. The minimum atomic E-state index is -0.330. The van der Waals surface area contributed by atoms with E-state index >= 15 is 0 Å². The number of rotatable bonds is 6. The predicted octanol–water partition coefficient (Wildman–Crippen LogP) is 5.96. The fourth-order valence-corrected chi connectivity index (χ4v) is 3.06. The zero-order valence-corrected chi connectivity index (χ0v) is 15.3. The van der Waals surface area contributed by atoms with Crippen molar-refractivity contribution in [2.45, 2.75) is 30.7 Å². The first-order valence-electron chi connectivity index (χ1n) is 8.20. The van der Waals surface area contributed by atoms with Gasteiger partial charge >= 0.3 is 0 Å². The third-order valence-electron chi connectivity index (χ3n) is 3.64. The second-order valence-corrected chi connectivity index (χ2v) is 6.95. The van der Waals surface area contributed by atoms with Crippen molar-refractivity contribution in [3.8, 4) is 11.6 Å². The SMILES string of the molecule is CC(C)c1cc(Oc2ccc(F)cc2)nc(SCc2ccccc2F)n1. The van der Waals surface area contributed by atoms with Crippen LogP contribution in [0.15, 0.2) is 59.8 Å². The first kappa shape index (κ1) is 18.3. The third-order valence-corrected chi connectivity index (χ3v) is 4.54. The molecule has 3 aromatic rings. The lowest BCUT2D eigenvalue weighted by Crippen LogP contribution is -2.00. The number of thioether (sulfide) groups is 1. The van der Waals surface area contributed by atoms with Gasteiger partial charge in [-0.3, -0.25) is 0 Å². The van der Waals surface area contributed by atoms with Gasteiger partial charge in [-0.15, -0.1) is 0 Å². The topological polar surface area (TPSA) is 35.0 Å². The molecule has 0 saturated carbocycles. The smallest absolute Gasteiger partial charge is 0.223 e. The maximum absolute atomic E-state index is 13.8. The molecule has 0 bridgehead atoms. The number of halogens is 2. The summed E-state index contributed by atoms with van der Waals surface area (Å²) < 4.78 is 32.6. The number of hydrogen-bond acceptors (Lipinski definition) is 4. The Kier molecular flexibility index (Phi) is 5.83. The van der Waals surface area contributed by atoms with Gasteiger partial charge in [0.15, 0.2) is 5.16 Å². The lowest BCUT2D eigenvalue weighted by molar-refractivity contribution is 0.451. The highest BCUT2D eigenvalue weighted by Gasteiger charge is 2.11. The predicted molar refractivity (Wildman–Crippen MR) is 98.6 cm³/mol. The van der Waals surface area contributed by atoms with E-state index in [2.05, 4.69) is 9.97 Å². The summed E-state index contributed by atoms with van der Waals surface area (Å²) in [5.41, 5.74) is 1.42. The number of benzene rings is 2. The lowest BCUT2D eigenvalue weighted by atomic mass is 10.1. The zero-order valence-electron chi connectivity index (χ0n) is 14.4. The molecule has 1 heterocycles. The van der Waals surface area contributed by atoms with Gasteiger partial charge in [0, 0.05) is 11.8 Å². The van der Waals surface area contributed by atoms with Crippen molar-refractivity contribution in [2.24, 2.45) is 0 Å². The van der Waals surface area contributed by atoms with Gasteiger partial charge in [-0.2, -0.15) is 4.98 Å². The number of aromatic nitrogens is 2. The summed E-state index contributed by atoms with van der Waals surface area (Å²) >= 11 is 1.34. The van der Waals surface area contributed by atoms with Crippen LogP contribution in [0.4, 0.5) is 8.78 Å². The van der Waals surface area contributed by atoms with Crippen LogP contribution in [0.25, 0.3) is 0 Å². The summed E-state index contributed by atoms with van der Waals surface area (Å²) in [5.74, 6) is 0.897. The van der Waals surface area contributed by atoms with Gasteiger partial charge in [0.05, 0.1) is 5.69 Å². The maximum Gasteiger partial charge on any atom is 0.223 e. The Bertz CT molecular complexity index is 885.